The predicted molar refractivity (Wildman–Crippen MR) is 118 cm³/mol. The molecule has 0 unspecified atom stereocenters. The van der Waals surface area contributed by atoms with E-state index in [1.807, 2.05) is 79.7 Å². The summed E-state index contributed by atoms with van der Waals surface area (Å²) in [4.78, 5) is 29.5. The van der Waals surface area contributed by atoms with Crippen LogP contribution in [0.4, 0.5) is 11.4 Å². The number of rotatable bonds is 4. The van der Waals surface area contributed by atoms with Crippen molar-refractivity contribution in [2.24, 2.45) is 0 Å². The zero-order valence-corrected chi connectivity index (χ0v) is 16.8. The van der Waals surface area contributed by atoms with Crippen LogP contribution >= 0.6 is 0 Å². The maximum absolute atomic E-state index is 13.1. The average Bonchev–Trinajstić information content (AvgIpc) is 3.05. The van der Waals surface area contributed by atoms with E-state index >= 15 is 0 Å². The standard InChI is InChI=1S/C25H22N2O3/c1-26(2)19-13-15-20(16-14-19)27-22(17-9-5-3-6-10-17)21(24(29)25(27)30)23(28)18-11-7-4-8-12-18/h3-16,22,28H,1-2H3/b23-21+/t22-/m0/s1. The van der Waals surface area contributed by atoms with Gasteiger partial charge in [-0.15, -0.1) is 0 Å². The van der Waals surface area contributed by atoms with Crippen molar-refractivity contribution in [2.75, 3.05) is 23.9 Å². The highest BCUT2D eigenvalue weighted by molar-refractivity contribution is 6.51. The molecule has 150 valence electrons. The first-order chi connectivity index (χ1) is 14.5. The van der Waals surface area contributed by atoms with Gasteiger partial charge in [-0.2, -0.15) is 0 Å². The van der Waals surface area contributed by atoms with Gasteiger partial charge in [0.1, 0.15) is 5.76 Å². The molecule has 0 radical (unpaired) electrons. The summed E-state index contributed by atoms with van der Waals surface area (Å²) in [5.74, 6) is -1.52. The van der Waals surface area contributed by atoms with Crippen LogP contribution < -0.4 is 9.80 Å². The Labute approximate surface area is 175 Å². The summed E-state index contributed by atoms with van der Waals surface area (Å²) in [5, 5.41) is 11.0. The number of carbonyl (C=O) groups is 2. The number of carbonyl (C=O) groups excluding carboxylic acids is 2. The van der Waals surface area contributed by atoms with Crippen LogP contribution in [0.2, 0.25) is 0 Å². The van der Waals surface area contributed by atoms with Gasteiger partial charge in [-0.05, 0) is 29.8 Å². The van der Waals surface area contributed by atoms with Crippen LogP contribution in [0, 0.1) is 0 Å². The molecule has 1 atom stereocenters. The van der Waals surface area contributed by atoms with E-state index < -0.39 is 17.7 Å². The van der Waals surface area contributed by atoms with Gasteiger partial charge in [-0.25, -0.2) is 0 Å². The second-order valence-corrected chi connectivity index (χ2v) is 7.36. The Bertz CT molecular complexity index is 1100. The minimum atomic E-state index is -0.711. The highest BCUT2D eigenvalue weighted by atomic mass is 16.3. The number of benzene rings is 3. The van der Waals surface area contributed by atoms with Gasteiger partial charge >= 0.3 is 0 Å². The molecule has 4 rings (SSSR count). The second-order valence-electron chi connectivity index (χ2n) is 7.36. The highest BCUT2D eigenvalue weighted by Gasteiger charge is 2.46. The lowest BCUT2D eigenvalue weighted by atomic mass is 9.95. The van der Waals surface area contributed by atoms with E-state index in [4.69, 9.17) is 0 Å². The van der Waals surface area contributed by atoms with E-state index in [0.717, 1.165) is 11.3 Å². The number of aliphatic hydroxyl groups is 1. The van der Waals surface area contributed by atoms with E-state index in [2.05, 4.69) is 0 Å². The van der Waals surface area contributed by atoms with Gasteiger partial charge in [-0.1, -0.05) is 60.7 Å². The first-order valence-electron chi connectivity index (χ1n) is 9.68. The van der Waals surface area contributed by atoms with Crippen LogP contribution in [0.25, 0.3) is 5.76 Å². The molecular weight excluding hydrogens is 376 g/mol. The Kier molecular flexibility index (Phi) is 5.11. The molecule has 0 saturated carbocycles. The van der Waals surface area contributed by atoms with Gasteiger partial charge < -0.3 is 10.0 Å². The van der Waals surface area contributed by atoms with Crippen LogP contribution in [-0.2, 0) is 9.59 Å². The fourth-order valence-corrected chi connectivity index (χ4v) is 3.71. The summed E-state index contributed by atoms with van der Waals surface area (Å²) in [6.45, 7) is 0. The summed E-state index contributed by atoms with van der Waals surface area (Å²) >= 11 is 0. The molecule has 1 fully saturated rings. The third-order valence-electron chi connectivity index (χ3n) is 5.25. The molecule has 5 heteroatoms. The predicted octanol–water partition coefficient (Wildman–Crippen LogP) is 4.38. The van der Waals surface area contributed by atoms with E-state index in [1.165, 1.54) is 4.90 Å². The fourth-order valence-electron chi connectivity index (χ4n) is 3.71. The quantitative estimate of drug-likeness (QED) is 0.403. The lowest BCUT2D eigenvalue weighted by Crippen LogP contribution is -2.29. The molecule has 3 aromatic rings. The molecule has 0 aromatic heterocycles. The Balaban J connectivity index is 1.90. The first-order valence-corrected chi connectivity index (χ1v) is 9.68. The van der Waals surface area contributed by atoms with Crippen molar-refractivity contribution in [3.05, 3.63) is 102 Å². The number of hydrogen-bond acceptors (Lipinski definition) is 4. The number of amides is 1. The van der Waals surface area contributed by atoms with Crippen LogP contribution in [0.5, 0.6) is 0 Å². The van der Waals surface area contributed by atoms with Crippen LogP contribution in [-0.4, -0.2) is 30.9 Å². The number of nitrogens with zero attached hydrogens (tertiary/aromatic N) is 2. The molecule has 3 aromatic carbocycles. The molecule has 1 N–H and O–H groups in total. The summed E-state index contributed by atoms with van der Waals surface area (Å²) < 4.78 is 0. The topological polar surface area (TPSA) is 60.9 Å². The van der Waals surface area contributed by atoms with Crippen molar-refractivity contribution >= 4 is 28.8 Å². The molecule has 1 aliphatic rings. The first kappa shape index (κ1) is 19.5. The molecule has 1 saturated heterocycles. The summed E-state index contributed by atoms with van der Waals surface area (Å²) in [5.41, 5.74) is 2.93. The maximum atomic E-state index is 13.1. The van der Waals surface area contributed by atoms with Crippen molar-refractivity contribution in [3.8, 4) is 0 Å². The van der Waals surface area contributed by atoms with Crippen molar-refractivity contribution < 1.29 is 14.7 Å². The van der Waals surface area contributed by atoms with E-state index in [1.54, 1.807) is 24.3 Å². The Hall–Kier alpha value is -3.86. The SMILES string of the molecule is CN(C)c1ccc(N2C(=O)C(=O)/C(=C(/O)c3ccccc3)[C@@H]2c2ccccc2)cc1. The molecule has 1 heterocycles. The van der Waals surface area contributed by atoms with Crippen LogP contribution in [0.15, 0.2) is 90.5 Å². The van der Waals surface area contributed by atoms with Crippen LogP contribution in [0.3, 0.4) is 0 Å². The van der Waals surface area contributed by atoms with Crippen molar-refractivity contribution in [1.29, 1.82) is 0 Å². The number of hydrogen-bond donors (Lipinski definition) is 1. The van der Waals surface area contributed by atoms with Crippen molar-refractivity contribution in [3.63, 3.8) is 0 Å². The summed E-state index contributed by atoms with van der Waals surface area (Å²) in [7, 11) is 3.87. The normalized spacial score (nSPS) is 17.9. The lowest BCUT2D eigenvalue weighted by molar-refractivity contribution is -0.132. The molecule has 0 aliphatic carbocycles. The van der Waals surface area contributed by atoms with Gasteiger partial charge in [0.2, 0.25) is 0 Å². The van der Waals surface area contributed by atoms with Gasteiger partial charge in [0.25, 0.3) is 11.7 Å². The maximum Gasteiger partial charge on any atom is 0.300 e. The largest absolute Gasteiger partial charge is 0.507 e. The zero-order chi connectivity index (χ0) is 21.3. The monoisotopic (exact) mass is 398 g/mol. The lowest BCUT2D eigenvalue weighted by Gasteiger charge is -2.26. The van der Waals surface area contributed by atoms with E-state index in [-0.39, 0.29) is 11.3 Å². The second kappa shape index (κ2) is 7.87. The molecule has 30 heavy (non-hydrogen) atoms. The summed E-state index contributed by atoms with van der Waals surface area (Å²) in [6, 6.07) is 24.8. The third kappa shape index (κ3) is 3.35. The number of anilines is 2. The van der Waals surface area contributed by atoms with Crippen molar-refractivity contribution in [1.82, 2.24) is 0 Å². The average molecular weight is 398 g/mol. The Morgan fingerprint density at radius 2 is 1.40 bits per heavy atom. The van der Waals surface area contributed by atoms with Crippen molar-refractivity contribution in [2.45, 2.75) is 6.04 Å². The van der Waals surface area contributed by atoms with E-state index in [0.29, 0.717) is 11.3 Å². The fraction of sp³-hybridized carbons (Fsp3) is 0.120. The Morgan fingerprint density at radius 3 is 1.97 bits per heavy atom. The molecular formula is C25H22N2O3. The number of Topliss-reactive ketones (excluding diaryl/α,β-unsaturated/α-hetero) is 1. The van der Waals surface area contributed by atoms with Gasteiger partial charge in [0.15, 0.2) is 0 Å². The smallest absolute Gasteiger partial charge is 0.300 e. The number of aliphatic hydroxyl groups excluding tert-OH is 1. The zero-order valence-electron chi connectivity index (χ0n) is 16.8. The van der Waals surface area contributed by atoms with E-state index in [9.17, 15) is 14.7 Å². The van der Waals surface area contributed by atoms with Gasteiger partial charge in [0, 0.05) is 31.0 Å². The van der Waals surface area contributed by atoms with Gasteiger partial charge in [0.05, 0.1) is 11.6 Å². The van der Waals surface area contributed by atoms with Gasteiger partial charge in [-0.3, -0.25) is 14.5 Å². The molecule has 0 spiro atoms. The Morgan fingerprint density at radius 1 is 0.833 bits per heavy atom. The molecule has 1 amide bonds. The third-order valence-corrected chi connectivity index (χ3v) is 5.25. The molecule has 0 bridgehead atoms. The number of ketones is 1. The molecule has 5 nitrogen and oxygen atoms in total. The minimum absolute atomic E-state index is 0.0917. The highest BCUT2D eigenvalue weighted by Crippen LogP contribution is 2.42. The van der Waals surface area contributed by atoms with Crippen LogP contribution in [0.1, 0.15) is 17.2 Å². The minimum Gasteiger partial charge on any atom is -0.507 e. The summed E-state index contributed by atoms with van der Waals surface area (Å²) in [6.07, 6.45) is 0. The molecule has 1 aliphatic heterocycles.